The smallest absolute Gasteiger partial charge is 0.416 e. The van der Waals surface area contributed by atoms with Crippen LogP contribution in [0.25, 0.3) is 0 Å². The van der Waals surface area contributed by atoms with Gasteiger partial charge in [-0.2, -0.15) is 26.7 Å². The van der Waals surface area contributed by atoms with E-state index in [9.17, 15) is 26.4 Å². The second-order valence-corrected chi connectivity index (χ2v) is 8.66. The van der Waals surface area contributed by atoms with Gasteiger partial charge >= 0.3 is 16.3 Å². The average Bonchev–Trinajstić information content (AvgIpc) is 2.80. The molecule has 7 nitrogen and oxygen atoms in total. The Hall–Kier alpha value is -3.86. The number of hydrogen-bond acceptors (Lipinski definition) is 6. The van der Waals surface area contributed by atoms with Gasteiger partial charge in [-0.3, -0.25) is 4.79 Å². The third-order valence-electron chi connectivity index (χ3n) is 4.55. The van der Waals surface area contributed by atoms with Crippen molar-refractivity contribution in [3.05, 3.63) is 89.5 Å². The van der Waals surface area contributed by atoms with E-state index in [0.717, 1.165) is 12.3 Å². The Kier molecular flexibility index (Phi) is 8.13. The Morgan fingerprint density at radius 1 is 1.00 bits per heavy atom. The van der Waals surface area contributed by atoms with Crippen molar-refractivity contribution >= 4 is 22.2 Å². The minimum Gasteiger partial charge on any atom is -0.494 e. The summed E-state index contributed by atoms with van der Waals surface area (Å²) in [6.45, 7) is 2.34. The normalized spacial score (nSPS) is 11.9. The third-order valence-corrected chi connectivity index (χ3v) is 5.87. The molecule has 0 saturated heterocycles. The van der Waals surface area contributed by atoms with Crippen molar-refractivity contribution in [1.29, 1.82) is 0 Å². The topological polar surface area (TPSA) is 94.1 Å². The fourth-order valence-electron chi connectivity index (χ4n) is 2.97. The van der Waals surface area contributed by atoms with Gasteiger partial charge in [0.2, 0.25) is 5.91 Å². The fourth-order valence-corrected chi connectivity index (χ4v) is 4.06. The van der Waals surface area contributed by atoms with E-state index in [1.165, 1.54) is 12.1 Å². The molecule has 0 unspecified atom stereocenters. The van der Waals surface area contributed by atoms with Crippen LogP contribution >= 0.6 is 0 Å². The van der Waals surface area contributed by atoms with E-state index in [4.69, 9.17) is 8.92 Å². The largest absolute Gasteiger partial charge is 0.494 e. The standard InChI is InChI=1S/C24H21F3N2O5S/c1-2-33-20-11-8-17(9-12-20)14-23(30)29-28-16-18-15-19(24(25,26)27)10-13-22(18)35(31,32)34-21-6-4-3-5-7-21/h3-13,15-16H,2,14H2,1H3,(H,29,30)/b28-16+. The van der Waals surface area contributed by atoms with E-state index in [-0.39, 0.29) is 12.2 Å². The van der Waals surface area contributed by atoms with Crippen LogP contribution in [0, 0.1) is 0 Å². The zero-order valence-corrected chi connectivity index (χ0v) is 19.3. The van der Waals surface area contributed by atoms with Crippen molar-refractivity contribution in [2.75, 3.05) is 6.61 Å². The second-order valence-electron chi connectivity index (χ2n) is 7.15. The van der Waals surface area contributed by atoms with Crippen LogP contribution < -0.4 is 14.3 Å². The second kappa shape index (κ2) is 11.0. The van der Waals surface area contributed by atoms with E-state index >= 15 is 0 Å². The highest BCUT2D eigenvalue weighted by molar-refractivity contribution is 7.87. The first kappa shape index (κ1) is 25.8. The summed E-state index contributed by atoms with van der Waals surface area (Å²) >= 11 is 0. The van der Waals surface area contributed by atoms with E-state index in [1.54, 1.807) is 42.5 Å². The zero-order valence-electron chi connectivity index (χ0n) is 18.5. The number of hydrazone groups is 1. The molecule has 1 amide bonds. The maximum atomic E-state index is 13.2. The van der Waals surface area contributed by atoms with Crippen molar-refractivity contribution in [2.24, 2.45) is 5.10 Å². The summed E-state index contributed by atoms with van der Waals surface area (Å²) in [5.41, 5.74) is 1.35. The van der Waals surface area contributed by atoms with E-state index in [2.05, 4.69) is 10.5 Å². The van der Waals surface area contributed by atoms with Crippen LogP contribution in [0.4, 0.5) is 13.2 Å². The summed E-state index contributed by atoms with van der Waals surface area (Å²) < 4.78 is 75.4. The van der Waals surface area contributed by atoms with Gasteiger partial charge < -0.3 is 8.92 Å². The number of para-hydroxylation sites is 1. The van der Waals surface area contributed by atoms with Crippen molar-refractivity contribution in [3.63, 3.8) is 0 Å². The molecule has 0 aliphatic carbocycles. The Morgan fingerprint density at radius 2 is 1.69 bits per heavy atom. The van der Waals surface area contributed by atoms with Gasteiger partial charge in [-0.05, 0) is 55.0 Å². The first-order valence-corrected chi connectivity index (χ1v) is 11.7. The molecule has 0 fully saturated rings. The molecular formula is C24H21F3N2O5S. The Morgan fingerprint density at radius 3 is 2.31 bits per heavy atom. The first-order valence-electron chi connectivity index (χ1n) is 10.3. The number of hydrogen-bond donors (Lipinski definition) is 1. The molecule has 0 bridgehead atoms. The monoisotopic (exact) mass is 506 g/mol. The summed E-state index contributed by atoms with van der Waals surface area (Å²) in [5.74, 6) is 0.0759. The minimum atomic E-state index is -4.72. The molecule has 0 aliphatic rings. The van der Waals surface area contributed by atoms with Crippen molar-refractivity contribution in [1.82, 2.24) is 5.43 Å². The minimum absolute atomic E-state index is 0.0149. The van der Waals surface area contributed by atoms with Gasteiger partial charge in [-0.15, -0.1) is 0 Å². The zero-order chi connectivity index (χ0) is 25.5. The molecule has 11 heteroatoms. The summed E-state index contributed by atoms with van der Waals surface area (Å²) in [6, 6.07) is 16.3. The fraction of sp³-hybridized carbons (Fsp3) is 0.167. The number of amides is 1. The van der Waals surface area contributed by atoms with Crippen LogP contribution in [0.2, 0.25) is 0 Å². The van der Waals surface area contributed by atoms with Crippen molar-refractivity contribution in [3.8, 4) is 11.5 Å². The van der Waals surface area contributed by atoms with Crippen molar-refractivity contribution in [2.45, 2.75) is 24.4 Å². The molecule has 0 saturated carbocycles. The Bertz CT molecular complexity index is 1290. The first-order chi connectivity index (χ1) is 16.6. The molecule has 35 heavy (non-hydrogen) atoms. The molecule has 0 aliphatic heterocycles. The molecule has 0 heterocycles. The van der Waals surface area contributed by atoms with Crippen molar-refractivity contribution < 1.29 is 35.3 Å². The lowest BCUT2D eigenvalue weighted by Gasteiger charge is -2.12. The van der Waals surface area contributed by atoms with Gasteiger partial charge in [0.1, 0.15) is 16.4 Å². The Labute approximate surface area is 200 Å². The third kappa shape index (κ3) is 7.31. The number of halogens is 3. The molecule has 0 atom stereocenters. The number of nitrogens with one attached hydrogen (secondary N) is 1. The number of benzene rings is 3. The highest BCUT2D eigenvalue weighted by Gasteiger charge is 2.32. The van der Waals surface area contributed by atoms with Crippen LogP contribution in [0.15, 0.2) is 82.8 Å². The lowest BCUT2D eigenvalue weighted by molar-refractivity contribution is -0.137. The van der Waals surface area contributed by atoms with E-state index in [1.807, 2.05) is 6.92 Å². The number of carbonyl (C=O) groups excluding carboxylic acids is 1. The maximum Gasteiger partial charge on any atom is 0.416 e. The summed E-state index contributed by atoms with van der Waals surface area (Å²) in [7, 11) is -4.50. The van der Waals surface area contributed by atoms with Gasteiger partial charge in [0, 0.05) is 5.56 Å². The number of carbonyl (C=O) groups is 1. The van der Waals surface area contributed by atoms with E-state index in [0.29, 0.717) is 30.1 Å². The average molecular weight is 507 g/mol. The van der Waals surface area contributed by atoms with Crippen LogP contribution in [-0.4, -0.2) is 27.1 Å². The predicted octanol–water partition coefficient (Wildman–Crippen LogP) is 4.56. The van der Waals surface area contributed by atoms with Gasteiger partial charge in [-0.25, -0.2) is 5.43 Å². The highest BCUT2D eigenvalue weighted by Crippen LogP contribution is 2.32. The number of nitrogens with zero attached hydrogens (tertiary/aromatic N) is 1. The maximum absolute atomic E-state index is 13.2. The van der Waals surface area contributed by atoms with Crippen LogP contribution in [-0.2, 0) is 27.5 Å². The summed E-state index contributed by atoms with van der Waals surface area (Å²) in [6.07, 6.45) is -3.96. The number of ether oxygens (including phenoxy) is 1. The van der Waals surface area contributed by atoms with E-state index < -0.39 is 38.2 Å². The van der Waals surface area contributed by atoms with Gasteiger partial charge in [-0.1, -0.05) is 30.3 Å². The molecule has 0 radical (unpaired) electrons. The summed E-state index contributed by atoms with van der Waals surface area (Å²) in [5, 5.41) is 3.65. The van der Waals surface area contributed by atoms with Gasteiger partial charge in [0.15, 0.2) is 0 Å². The SMILES string of the molecule is CCOc1ccc(CC(=O)N/N=C/c2cc(C(F)(F)F)ccc2S(=O)(=O)Oc2ccccc2)cc1. The number of alkyl halides is 3. The molecular weight excluding hydrogens is 485 g/mol. The molecule has 3 rings (SSSR count). The van der Waals surface area contributed by atoms with Crippen LogP contribution in [0.3, 0.4) is 0 Å². The highest BCUT2D eigenvalue weighted by atomic mass is 32.2. The van der Waals surface area contributed by atoms with Crippen LogP contribution in [0.5, 0.6) is 11.5 Å². The molecule has 3 aromatic rings. The van der Waals surface area contributed by atoms with Gasteiger partial charge in [0.05, 0.1) is 24.8 Å². The molecule has 184 valence electrons. The predicted molar refractivity (Wildman–Crippen MR) is 123 cm³/mol. The summed E-state index contributed by atoms with van der Waals surface area (Å²) in [4.78, 5) is 11.6. The van der Waals surface area contributed by atoms with Gasteiger partial charge in [0.25, 0.3) is 0 Å². The van der Waals surface area contributed by atoms with Crippen LogP contribution in [0.1, 0.15) is 23.6 Å². The number of rotatable bonds is 9. The molecule has 1 N–H and O–H groups in total. The molecule has 3 aromatic carbocycles. The quantitative estimate of drug-likeness (QED) is 0.261. The molecule has 0 aromatic heterocycles. The lowest BCUT2D eigenvalue weighted by Crippen LogP contribution is -2.20. The molecule has 0 spiro atoms. The Balaban J connectivity index is 1.80. The lowest BCUT2D eigenvalue weighted by atomic mass is 10.1.